The van der Waals surface area contributed by atoms with Crippen molar-refractivity contribution in [2.75, 3.05) is 31.6 Å². The lowest BCUT2D eigenvalue weighted by atomic mass is 9.72. The van der Waals surface area contributed by atoms with Gasteiger partial charge in [-0.25, -0.2) is 0 Å². The van der Waals surface area contributed by atoms with Gasteiger partial charge in [-0.05, 0) is 61.7 Å². The number of halogens is 1. The minimum absolute atomic E-state index is 0. The number of rotatable bonds is 8. The standard InChI is InChI=1S/C28H30N2O4.ClH/c1-2-33-27(32)28(22-9-5-3-6-10-22)17-19-30(20-18-28)21-26(31)29-23-13-15-25(16-14-23)34-24-11-7-4-8-12-24;/h3-16H,2,17-21H2,1H3,(H,29,31);1H. The maximum atomic E-state index is 12.9. The molecule has 184 valence electrons. The summed E-state index contributed by atoms with van der Waals surface area (Å²) in [6.45, 7) is 3.75. The highest BCUT2D eigenvalue weighted by molar-refractivity contribution is 5.92. The van der Waals surface area contributed by atoms with E-state index in [1.54, 1.807) is 0 Å². The quantitative estimate of drug-likeness (QED) is 0.422. The third-order valence-corrected chi connectivity index (χ3v) is 6.19. The maximum Gasteiger partial charge on any atom is 0.316 e. The SMILES string of the molecule is CCOC(=O)C1(c2ccccc2)CCN(CC(=O)Nc2ccc(Oc3ccccc3)cc2)CC1.Cl. The summed E-state index contributed by atoms with van der Waals surface area (Å²) < 4.78 is 11.2. The smallest absolute Gasteiger partial charge is 0.316 e. The second-order valence-electron chi connectivity index (χ2n) is 8.43. The number of benzene rings is 3. The van der Waals surface area contributed by atoms with Gasteiger partial charge in [0.25, 0.3) is 0 Å². The fourth-order valence-corrected chi connectivity index (χ4v) is 4.36. The summed E-state index contributed by atoms with van der Waals surface area (Å²) in [6, 6.07) is 26.7. The molecule has 3 aromatic rings. The summed E-state index contributed by atoms with van der Waals surface area (Å²) in [7, 11) is 0. The van der Waals surface area contributed by atoms with Gasteiger partial charge in [0.15, 0.2) is 0 Å². The first-order valence-electron chi connectivity index (χ1n) is 11.7. The number of hydrogen-bond donors (Lipinski definition) is 1. The number of likely N-dealkylation sites (tertiary alicyclic amines) is 1. The molecule has 1 N–H and O–H groups in total. The summed E-state index contributed by atoms with van der Waals surface area (Å²) in [4.78, 5) is 27.6. The molecule has 4 rings (SSSR count). The number of amides is 1. The van der Waals surface area contributed by atoms with E-state index in [2.05, 4.69) is 10.2 Å². The number of para-hydroxylation sites is 1. The zero-order valence-corrected chi connectivity index (χ0v) is 20.6. The van der Waals surface area contributed by atoms with Crippen LogP contribution in [0.5, 0.6) is 11.5 Å². The molecule has 6 nitrogen and oxygen atoms in total. The molecule has 1 amide bonds. The molecule has 0 unspecified atom stereocenters. The third kappa shape index (κ3) is 6.62. The number of nitrogens with zero attached hydrogens (tertiary/aromatic N) is 1. The molecule has 0 radical (unpaired) electrons. The van der Waals surface area contributed by atoms with Crippen molar-refractivity contribution in [2.45, 2.75) is 25.2 Å². The minimum atomic E-state index is -0.654. The number of anilines is 1. The highest BCUT2D eigenvalue weighted by atomic mass is 35.5. The molecule has 3 aromatic carbocycles. The largest absolute Gasteiger partial charge is 0.465 e. The topological polar surface area (TPSA) is 67.9 Å². The first-order valence-corrected chi connectivity index (χ1v) is 11.7. The summed E-state index contributed by atoms with van der Waals surface area (Å²) in [5.74, 6) is 1.21. The number of hydrogen-bond acceptors (Lipinski definition) is 5. The van der Waals surface area contributed by atoms with Crippen molar-refractivity contribution in [1.29, 1.82) is 0 Å². The van der Waals surface area contributed by atoms with Crippen molar-refractivity contribution in [3.8, 4) is 11.5 Å². The molecule has 0 spiro atoms. The van der Waals surface area contributed by atoms with Crippen LogP contribution in [0.15, 0.2) is 84.9 Å². The van der Waals surface area contributed by atoms with Crippen LogP contribution in [0.3, 0.4) is 0 Å². The van der Waals surface area contributed by atoms with Crippen LogP contribution < -0.4 is 10.1 Å². The number of nitrogens with one attached hydrogen (secondary N) is 1. The van der Waals surface area contributed by atoms with Gasteiger partial charge in [-0.1, -0.05) is 48.5 Å². The number of ether oxygens (including phenoxy) is 2. The molecule has 35 heavy (non-hydrogen) atoms. The van der Waals surface area contributed by atoms with Crippen molar-refractivity contribution in [1.82, 2.24) is 4.90 Å². The van der Waals surface area contributed by atoms with E-state index in [0.29, 0.717) is 44.0 Å². The van der Waals surface area contributed by atoms with Crippen molar-refractivity contribution in [3.05, 3.63) is 90.5 Å². The van der Waals surface area contributed by atoms with Crippen LogP contribution in [0.2, 0.25) is 0 Å². The molecular formula is C28H31ClN2O4. The van der Waals surface area contributed by atoms with Crippen LogP contribution in [0.4, 0.5) is 5.69 Å². The fraction of sp³-hybridized carbons (Fsp3) is 0.286. The molecule has 0 bridgehead atoms. The van der Waals surface area contributed by atoms with E-state index in [1.807, 2.05) is 91.9 Å². The second-order valence-corrected chi connectivity index (χ2v) is 8.43. The van der Waals surface area contributed by atoms with Gasteiger partial charge in [-0.3, -0.25) is 14.5 Å². The Bertz CT molecular complexity index is 1080. The molecule has 1 aliphatic rings. The van der Waals surface area contributed by atoms with E-state index in [9.17, 15) is 9.59 Å². The predicted octanol–water partition coefficient (Wildman–Crippen LogP) is 5.44. The molecule has 7 heteroatoms. The number of piperidine rings is 1. The van der Waals surface area contributed by atoms with Crippen LogP contribution in [-0.4, -0.2) is 43.0 Å². The summed E-state index contributed by atoms with van der Waals surface area (Å²) in [5.41, 5.74) is 1.04. The van der Waals surface area contributed by atoms with Crippen LogP contribution in [0, 0.1) is 0 Å². The zero-order valence-electron chi connectivity index (χ0n) is 19.8. The van der Waals surface area contributed by atoms with Crippen molar-refractivity contribution in [2.24, 2.45) is 0 Å². The van der Waals surface area contributed by atoms with Gasteiger partial charge in [0.1, 0.15) is 11.5 Å². The Balaban J connectivity index is 0.00000342. The summed E-state index contributed by atoms with van der Waals surface area (Å²) >= 11 is 0. The van der Waals surface area contributed by atoms with Gasteiger partial charge in [-0.15, -0.1) is 12.4 Å². The van der Waals surface area contributed by atoms with E-state index >= 15 is 0 Å². The number of carbonyl (C=O) groups is 2. The summed E-state index contributed by atoms with van der Waals surface area (Å²) in [6.07, 6.45) is 1.24. The molecule has 0 atom stereocenters. The molecule has 0 aliphatic carbocycles. The lowest BCUT2D eigenvalue weighted by Crippen LogP contribution is -2.49. The molecule has 1 saturated heterocycles. The van der Waals surface area contributed by atoms with E-state index in [0.717, 1.165) is 11.3 Å². The van der Waals surface area contributed by atoms with E-state index in [-0.39, 0.29) is 30.8 Å². The second kappa shape index (κ2) is 12.4. The van der Waals surface area contributed by atoms with E-state index in [1.165, 1.54) is 0 Å². The Hall–Kier alpha value is -3.35. The first-order chi connectivity index (χ1) is 16.6. The molecule has 1 heterocycles. The Morgan fingerprint density at radius 1 is 0.857 bits per heavy atom. The van der Waals surface area contributed by atoms with Gasteiger partial charge in [0.05, 0.1) is 18.6 Å². The number of carbonyl (C=O) groups excluding carboxylic acids is 2. The van der Waals surface area contributed by atoms with Crippen LogP contribution in [0.1, 0.15) is 25.3 Å². The highest BCUT2D eigenvalue weighted by Crippen LogP contribution is 2.37. The van der Waals surface area contributed by atoms with Crippen LogP contribution >= 0.6 is 12.4 Å². The molecule has 0 aromatic heterocycles. The third-order valence-electron chi connectivity index (χ3n) is 6.19. The van der Waals surface area contributed by atoms with Crippen molar-refractivity contribution < 1.29 is 19.1 Å². The Morgan fingerprint density at radius 3 is 2.03 bits per heavy atom. The van der Waals surface area contributed by atoms with Crippen molar-refractivity contribution >= 4 is 30.0 Å². The monoisotopic (exact) mass is 494 g/mol. The predicted molar refractivity (Wildman–Crippen MR) is 139 cm³/mol. The average molecular weight is 495 g/mol. The average Bonchev–Trinajstić information content (AvgIpc) is 2.87. The zero-order chi connectivity index (χ0) is 23.8. The first kappa shape index (κ1) is 26.3. The van der Waals surface area contributed by atoms with Gasteiger partial charge in [0.2, 0.25) is 5.91 Å². The van der Waals surface area contributed by atoms with E-state index in [4.69, 9.17) is 9.47 Å². The maximum absolute atomic E-state index is 12.9. The number of esters is 1. The molecule has 1 aliphatic heterocycles. The molecular weight excluding hydrogens is 464 g/mol. The summed E-state index contributed by atoms with van der Waals surface area (Å²) in [5, 5.41) is 2.95. The van der Waals surface area contributed by atoms with Crippen molar-refractivity contribution in [3.63, 3.8) is 0 Å². The lowest BCUT2D eigenvalue weighted by Gasteiger charge is -2.40. The fourth-order valence-electron chi connectivity index (χ4n) is 4.36. The van der Waals surface area contributed by atoms with Gasteiger partial charge >= 0.3 is 5.97 Å². The Labute approximate surface area is 212 Å². The van der Waals surface area contributed by atoms with Gasteiger partial charge in [-0.2, -0.15) is 0 Å². The lowest BCUT2D eigenvalue weighted by molar-refractivity contribution is -0.152. The van der Waals surface area contributed by atoms with Crippen LogP contribution in [-0.2, 0) is 19.7 Å². The Kier molecular flexibility index (Phi) is 9.29. The normalized spacial score (nSPS) is 14.9. The molecule has 0 saturated carbocycles. The highest BCUT2D eigenvalue weighted by Gasteiger charge is 2.44. The minimum Gasteiger partial charge on any atom is -0.465 e. The van der Waals surface area contributed by atoms with Crippen LogP contribution in [0.25, 0.3) is 0 Å². The van der Waals surface area contributed by atoms with Gasteiger partial charge in [0, 0.05) is 18.8 Å². The molecule has 1 fully saturated rings. The van der Waals surface area contributed by atoms with Gasteiger partial charge < -0.3 is 14.8 Å². The Morgan fingerprint density at radius 2 is 1.43 bits per heavy atom. The van der Waals surface area contributed by atoms with E-state index < -0.39 is 5.41 Å².